The van der Waals surface area contributed by atoms with Crippen LogP contribution in [-0.2, 0) is 9.53 Å². The van der Waals surface area contributed by atoms with Gasteiger partial charge >= 0.3 is 5.97 Å². The summed E-state index contributed by atoms with van der Waals surface area (Å²) in [4.78, 5) is 23.9. The Morgan fingerprint density at radius 1 is 0.929 bits per heavy atom. The second-order valence-corrected chi connectivity index (χ2v) is 5.92. The van der Waals surface area contributed by atoms with E-state index in [1.165, 1.54) is 19.2 Å². The van der Waals surface area contributed by atoms with Crippen molar-refractivity contribution in [1.82, 2.24) is 0 Å². The molecule has 0 aliphatic heterocycles. The summed E-state index contributed by atoms with van der Waals surface area (Å²) in [5, 5.41) is 2.65. The fourth-order valence-electron chi connectivity index (χ4n) is 2.58. The van der Waals surface area contributed by atoms with Crippen LogP contribution >= 0.6 is 0 Å². The third kappa shape index (κ3) is 4.73. The predicted octanol–water partition coefficient (Wildman–Crippen LogP) is 4.30. The molecule has 5 nitrogen and oxygen atoms in total. The van der Waals surface area contributed by atoms with Crippen molar-refractivity contribution >= 4 is 17.6 Å². The number of rotatable bonds is 6. The summed E-state index contributed by atoms with van der Waals surface area (Å²) in [6, 6.07) is 20.8. The predicted molar refractivity (Wildman–Crippen MR) is 104 cm³/mol. The minimum absolute atomic E-state index is 0.00156. The molecule has 0 bridgehead atoms. The van der Waals surface area contributed by atoms with Gasteiger partial charge in [0.15, 0.2) is 18.2 Å². The molecule has 0 spiro atoms. The fourth-order valence-corrected chi connectivity index (χ4v) is 2.58. The fraction of sp³-hybridized carbons (Fsp3) is 0.0909. The third-order valence-electron chi connectivity index (χ3n) is 4.00. The van der Waals surface area contributed by atoms with Crippen LogP contribution in [0, 0.1) is 5.82 Å². The van der Waals surface area contributed by atoms with Gasteiger partial charge in [0.2, 0.25) is 0 Å². The highest BCUT2D eigenvalue weighted by Crippen LogP contribution is 2.21. The zero-order chi connectivity index (χ0) is 19.9. The van der Waals surface area contributed by atoms with Gasteiger partial charge in [0.05, 0.1) is 12.7 Å². The minimum Gasteiger partial charge on any atom is -0.494 e. The Bertz CT molecular complexity index is 972. The molecule has 0 saturated heterocycles. The maximum Gasteiger partial charge on any atom is 0.338 e. The Morgan fingerprint density at radius 2 is 1.61 bits per heavy atom. The van der Waals surface area contributed by atoms with Crippen molar-refractivity contribution in [3.05, 3.63) is 84.2 Å². The van der Waals surface area contributed by atoms with Crippen molar-refractivity contribution < 1.29 is 23.5 Å². The molecule has 0 unspecified atom stereocenters. The average Bonchev–Trinajstić information content (AvgIpc) is 2.73. The lowest BCUT2D eigenvalue weighted by molar-refractivity contribution is -0.119. The van der Waals surface area contributed by atoms with Gasteiger partial charge in [-0.25, -0.2) is 9.18 Å². The number of benzene rings is 3. The summed E-state index contributed by atoms with van der Waals surface area (Å²) < 4.78 is 23.4. The van der Waals surface area contributed by atoms with E-state index in [9.17, 15) is 14.0 Å². The Hall–Kier alpha value is -3.67. The number of carbonyl (C=O) groups is 2. The maximum absolute atomic E-state index is 13.6. The van der Waals surface area contributed by atoms with E-state index in [0.717, 1.165) is 17.2 Å². The van der Waals surface area contributed by atoms with Crippen LogP contribution in [0.15, 0.2) is 72.8 Å². The molecule has 142 valence electrons. The van der Waals surface area contributed by atoms with Crippen LogP contribution in [0.25, 0.3) is 11.1 Å². The first-order valence-corrected chi connectivity index (χ1v) is 8.53. The monoisotopic (exact) mass is 379 g/mol. The molecule has 3 aromatic rings. The summed E-state index contributed by atoms with van der Waals surface area (Å²) in [6.07, 6.45) is 0. The first-order valence-electron chi connectivity index (χ1n) is 8.53. The second-order valence-electron chi connectivity index (χ2n) is 5.92. The standard InChI is InChI=1S/C22H18FNO4/c1-27-20-12-9-17(13-19(20)23)22(26)28-14-21(25)24-18-10-7-16(8-11-18)15-5-3-2-4-6-15/h2-13H,14H2,1H3,(H,24,25). The average molecular weight is 379 g/mol. The number of ether oxygens (including phenoxy) is 2. The van der Waals surface area contributed by atoms with Gasteiger partial charge in [-0.2, -0.15) is 0 Å². The lowest BCUT2D eigenvalue weighted by atomic mass is 10.1. The van der Waals surface area contributed by atoms with Crippen LogP contribution in [0.2, 0.25) is 0 Å². The van der Waals surface area contributed by atoms with Gasteiger partial charge in [-0.3, -0.25) is 4.79 Å². The van der Waals surface area contributed by atoms with Crippen molar-refractivity contribution in [3.63, 3.8) is 0 Å². The van der Waals surface area contributed by atoms with E-state index in [-0.39, 0.29) is 11.3 Å². The Morgan fingerprint density at radius 3 is 2.25 bits per heavy atom. The molecule has 1 N–H and O–H groups in total. The highest BCUT2D eigenvalue weighted by molar-refractivity contribution is 5.95. The normalized spacial score (nSPS) is 10.2. The van der Waals surface area contributed by atoms with Gasteiger partial charge in [-0.1, -0.05) is 42.5 Å². The number of anilines is 1. The third-order valence-corrected chi connectivity index (χ3v) is 4.00. The van der Waals surface area contributed by atoms with Crippen LogP contribution < -0.4 is 10.1 Å². The van der Waals surface area contributed by atoms with Gasteiger partial charge in [0, 0.05) is 5.69 Å². The molecular weight excluding hydrogens is 361 g/mol. The van der Waals surface area contributed by atoms with E-state index in [1.807, 2.05) is 42.5 Å². The second kappa shape index (κ2) is 8.81. The number of hydrogen-bond donors (Lipinski definition) is 1. The molecule has 0 aromatic heterocycles. The summed E-state index contributed by atoms with van der Waals surface area (Å²) in [7, 11) is 1.33. The number of amides is 1. The van der Waals surface area contributed by atoms with Gasteiger partial charge in [-0.05, 0) is 41.5 Å². The van der Waals surface area contributed by atoms with Crippen LogP contribution in [0.1, 0.15) is 10.4 Å². The molecule has 1 amide bonds. The van der Waals surface area contributed by atoms with Crippen molar-refractivity contribution in [2.24, 2.45) is 0 Å². The Labute approximate surface area is 161 Å². The molecule has 0 aliphatic carbocycles. The molecule has 3 rings (SSSR count). The number of carbonyl (C=O) groups excluding carboxylic acids is 2. The highest BCUT2D eigenvalue weighted by atomic mass is 19.1. The van der Waals surface area contributed by atoms with E-state index in [0.29, 0.717) is 5.69 Å². The minimum atomic E-state index is -0.795. The van der Waals surface area contributed by atoms with Crippen molar-refractivity contribution in [3.8, 4) is 16.9 Å². The van der Waals surface area contributed by atoms with E-state index >= 15 is 0 Å². The van der Waals surface area contributed by atoms with E-state index < -0.39 is 24.3 Å². The number of esters is 1. The van der Waals surface area contributed by atoms with E-state index in [4.69, 9.17) is 9.47 Å². The number of methoxy groups -OCH3 is 1. The molecule has 28 heavy (non-hydrogen) atoms. The lowest BCUT2D eigenvalue weighted by Gasteiger charge is -2.08. The zero-order valence-corrected chi connectivity index (χ0v) is 15.1. The van der Waals surface area contributed by atoms with E-state index in [2.05, 4.69) is 5.32 Å². The molecule has 0 saturated carbocycles. The van der Waals surface area contributed by atoms with Crippen molar-refractivity contribution in [2.45, 2.75) is 0 Å². The van der Waals surface area contributed by atoms with Crippen LogP contribution in [-0.4, -0.2) is 25.6 Å². The topological polar surface area (TPSA) is 64.6 Å². The van der Waals surface area contributed by atoms with E-state index in [1.54, 1.807) is 12.1 Å². The van der Waals surface area contributed by atoms with Crippen molar-refractivity contribution in [1.29, 1.82) is 0 Å². The molecular formula is C22H18FNO4. The highest BCUT2D eigenvalue weighted by Gasteiger charge is 2.13. The summed E-state index contributed by atoms with van der Waals surface area (Å²) in [5.74, 6) is -1.95. The molecule has 0 radical (unpaired) electrons. The summed E-state index contributed by atoms with van der Waals surface area (Å²) in [6.45, 7) is -0.479. The smallest absolute Gasteiger partial charge is 0.338 e. The van der Waals surface area contributed by atoms with Gasteiger partial charge in [0.1, 0.15) is 0 Å². The Balaban J connectivity index is 1.54. The SMILES string of the molecule is COc1ccc(C(=O)OCC(=O)Nc2ccc(-c3ccccc3)cc2)cc1F. The zero-order valence-electron chi connectivity index (χ0n) is 15.1. The van der Waals surface area contributed by atoms with Gasteiger partial charge < -0.3 is 14.8 Å². The number of nitrogens with one attached hydrogen (secondary N) is 1. The van der Waals surface area contributed by atoms with Crippen LogP contribution in [0.5, 0.6) is 5.75 Å². The van der Waals surface area contributed by atoms with Crippen LogP contribution in [0.3, 0.4) is 0 Å². The molecule has 0 aliphatic rings. The number of halogens is 1. The lowest BCUT2D eigenvalue weighted by Crippen LogP contribution is -2.21. The summed E-state index contributed by atoms with van der Waals surface area (Å²) >= 11 is 0. The maximum atomic E-state index is 13.6. The quantitative estimate of drug-likeness (QED) is 0.649. The summed E-state index contributed by atoms with van der Waals surface area (Å²) in [5.41, 5.74) is 2.67. The van der Waals surface area contributed by atoms with Crippen molar-refractivity contribution in [2.75, 3.05) is 19.0 Å². The molecule has 0 fully saturated rings. The number of hydrogen-bond acceptors (Lipinski definition) is 4. The van der Waals surface area contributed by atoms with Gasteiger partial charge in [0.25, 0.3) is 5.91 Å². The van der Waals surface area contributed by atoms with Crippen LogP contribution in [0.4, 0.5) is 10.1 Å². The first kappa shape index (κ1) is 19.1. The molecule has 3 aromatic carbocycles. The molecule has 0 heterocycles. The Kier molecular flexibility index (Phi) is 6.01. The van der Waals surface area contributed by atoms with Gasteiger partial charge in [-0.15, -0.1) is 0 Å². The molecule has 0 atom stereocenters. The largest absolute Gasteiger partial charge is 0.494 e. The first-order chi connectivity index (χ1) is 13.6. The molecule has 6 heteroatoms.